The molecule has 1 nitrogen and oxygen atoms in total. The van der Waals surface area contributed by atoms with Gasteiger partial charge in [-0.3, -0.25) is 0 Å². The van der Waals surface area contributed by atoms with E-state index >= 15 is 0 Å². The highest BCUT2D eigenvalue weighted by atomic mass is 28.3. The van der Waals surface area contributed by atoms with Crippen LogP contribution in [0.4, 0.5) is 0 Å². The molecule has 0 saturated carbocycles. The van der Waals surface area contributed by atoms with E-state index in [1.807, 2.05) is 37.3 Å². The van der Waals surface area contributed by atoms with Crippen LogP contribution in [-0.4, -0.2) is 13.2 Å². The molecular formula is C15H24OSi. The van der Waals surface area contributed by atoms with Crippen molar-refractivity contribution in [1.82, 2.24) is 0 Å². The van der Waals surface area contributed by atoms with Crippen molar-refractivity contribution in [3.63, 3.8) is 0 Å². The molecule has 0 spiro atoms. The summed E-state index contributed by atoms with van der Waals surface area (Å²) in [4.78, 5) is 0. The Kier molecular flexibility index (Phi) is 4.72. The van der Waals surface area contributed by atoms with Crippen molar-refractivity contribution in [1.29, 1.82) is 0 Å². The number of benzene rings is 1. The Bertz CT molecular complexity index is 364. The summed E-state index contributed by atoms with van der Waals surface area (Å²) in [6.45, 7) is 13.1. The Labute approximate surface area is 106 Å². The Morgan fingerprint density at radius 3 is 2.18 bits per heavy atom. The van der Waals surface area contributed by atoms with Crippen molar-refractivity contribution in [2.75, 3.05) is 0 Å². The zero-order chi connectivity index (χ0) is 13.1. The first kappa shape index (κ1) is 14.2. The Hall–Kier alpha value is -0.863. The number of aliphatic hydroxyl groups is 1. The molecule has 0 saturated heterocycles. The molecule has 1 aromatic rings. The fraction of sp³-hybridized carbons (Fsp3) is 0.467. The molecule has 2 unspecified atom stereocenters. The second kappa shape index (κ2) is 5.65. The van der Waals surface area contributed by atoms with E-state index in [0.29, 0.717) is 0 Å². The van der Waals surface area contributed by atoms with Crippen LogP contribution in [0.5, 0.6) is 0 Å². The molecule has 2 heteroatoms. The molecule has 2 atom stereocenters. The minimum Gasteiger partial charge on any atom is -0.388 e. The van der Waals surface area contributed by atoms with Crippen LogP contribution in [0.3, 0.4) is 0 Å². The standard InChI is InChI=1S/C15H24OSi/c1-12(2)14(11-17(3,4)5)15(16)13-9-7-6-8-10-13/h6-10,14-16H,1,11H2,2-5H3. The maximum atomic E-state index is 10.5. The molecular weight excluding hydrogens is 224 g/mol. The smallest absolute Gasteiger partial charge is 0.0852 e. The van der Waals surface area contributed by atoms with Crippen molar-refractivity contribution in [2.45, 2.75) is 38.7 Å². The van der Waals surface area contributed by atoms with Gasteiger partial charge < -0.3 is 5.11 Å². The van der Waals surface area contributed by atoms with Gasteiger partial charge in [0.15, 0.2) is 0 Å². The van der Waals surface area contributed by atoms with Gasteiger partial charge in [0.05, 0.1) is 6.10 Å². The molecule has 1 rings (SSSR count). The third-order valence-corrected chi connectivity index (χ3v) is 4.65. The molecule has 0 bridgehead atoms. The summed E-state index contributed by atoms with van der Waals surface area (Å²) < 4.78 is 0. The normalized spacial score (nSPS) is 15.4. The molecule has 1 N–H and O–H groups in total. The van der Waals surface area contributed by atoms with E-state index in [4.69, 9.17) is 0 Å². The SMILES string of the molecule is C=C(C)C(C[Si](C)(C)C)C(O)c1ccccc1. The van der Waals surface area contributed by atoms with Crippen LogP contribution in [0, 0.1) is 5.92 Å². The molecule has 0 radical (unpaired) electrons. The van der Waals surface area contributed by atoms with Gasteiger partial charge in [0, 0.05) is 14.0 Å². The number of hydrogen-bond donors (Lipinski definition) is 1. The third-order valence-electron chi connectivity index (χ3n) is 2.99. The molecule has 94 valence electrons. The average Bonchev–Trinajstić information content (AvgIpc) is 2.25. The van der Waals surface area contributed by atoms with Crippen LogP contribution >= 0.6 is 0 Å². The van der Waals surface area contributed by atoms with E-state index < -0.39 is 14.2 Å². The molecule has 0 fully saturated rings. The topological polar surface area (TPSA) is 20.2 Å². The summed E-state index contributed by atoms with van der Waals surface area (Å²) >= 11 is 0. The molecule has 0 heterocycles. The zero-order valence-electron chi connectivity index (χ0n) is 11.4. The van der Waals surface area contributed by atoms with Crippen LogP contribution < -0.4 is 0 Å². The molecule has 1 aromatic carbocycles. The monoisotopic (exact) mass is 248 g/mol. The fourth-order valence-electron chi connectivity index (χ4n) is 2.10. The molecule has 0 aromatic heterocycles. The van der Waals surface area contributed by atoms with Gasteiger partial charge in [-0.15, -0.1) is 0 Å². The first-order chi connectivity index (χ1) is 7.81. The minimum absolute atomic E-state index is 0.184. The first-order valence-corrected chi connectivity index (χ1v) is 9.90. The zero-order valence-corrected chi connectivity index (χ0v) is 12.4. The van der Waals surface area contributed by atoms with Crippen molar-refractivity contribution in [2.24, 2.45) is 5.92 Å². The van der Waals surface area contributed by atoms with E-state index in [-0.39, 0.29) is 5.92 Å². The Morgan fingerprint density at radius 1 is 1.24 bits per heavy atom. The van der Waals surface area contributed by atoms with E-state index in [2.05, 4.69) is 26.2 Å². The van der Waals surface area contributed by atoms with Crippen LogP contribution in [0.25, 0.3) is 0 Å². The summed E-state index contributed by atoms with van der Waals surface area (Å²) in [6, 6.07) is 11.0. The van der Waals surface area contributed by atoms with Crippen LogP contribution in [0.15, 0.2) is 42.5 Å². The summed E-state index contributed by atoms with van der Waals surface area (Å²) in [7, 11) is -1.20. The predicted molar refractivity (Wildman–Crippen MR) is 77.9 cm³/mol. The second-order valence-corrected chi connectivity index (χ2v) is 11.6. The van der Waals surface area contributed by atoms with E-state index in [0.717, 1.165) is 17.2 Å². The maximum Gasteiger partial charge on any atom is 0.0852 e. The van der Waals surface area contributed by atoms with Crippen molar-refractivity contribution in [3.05, 3.63) is 48.0 Å². The van der Waals surface area contributed by atoms with Crippen LogP contribution in [0.2, 0.25) is 25.7 Å². The van der Waals surface area contributed by atoms with Gasteiger partial charge in [-0.05, 0) is 18.5 Å². The highest BCUT2D eigenvalue weighted by molar-refractivity contribution is 6.76. The Morgan fingerprint density at radius 2 is 1.76 bits per heavy atom. The minimum atomic E-state index is -1.20. The van der Waals surface area contributed by atoms with Gasteiger partial charge in [-0.25, -0.2) is 0 Å². The molecule has 0 aliphatic heterocycles. The predicted octanol–water partition coefficient (Wildman–Crippen LogP) is 4.25. The summed E-state index contributed by atoms with van der Waals surface area (Å²) in [5.74, 6) is 0.184. The van der Waals surface area contributed by atoms with Crippen molar-refractivity contribution >= 4 is 8.07 Å². The summed E-state index contributed by atoms with van der Waals surface area (Å²) in [5.41, 5.74) is 2.09. The number of hydrogen-bond acceptors (Lipinski definition) is 1. The van der Waals surface area contributed by atoms with Crippen LogP contribution in [-0.2, 0) is 0 Å². The number of rotatable bonds is 5. The highest BCUT2D eigenvalue weighted by Crippen LogP contribution is 2.33. The van der Waals surface area contributed by atoms with E-state index in [1.54, 1.807) is 0 Å². The summed E-state index contributed by atoms with van der Waals surface area (Å²) in [6.07, 6.45) is -0.416. The van der Waals surface area contributed by atoms with Gasteiger partial charge in [0.25, 0.3) is 0 Å². The van der Waals surface area contributed by atoms with E-state index in [9.17, 15) is 5.11 Å². The fourth-order valence-corrected chi connectivity index (χ4v) is 3.99. The van der Waals surface area contributed by atoms with Gasteiger partial charge in [0.2, 0.25) is 0 Å². The lowest BCUT2D eigenvalue weighted by atomic mass is 9.92. The number of aliphatic hydroxyl groups excluding tert-OH is 1. The molecule has 0 amide bonds. The Balaban J connectivity index is 2.89. The lowest BCUT2D eigenvalue weighted by Crippen LogP contribution is -2.27. The van der Waals surface area contributed by atoms with Gasteiger partial charge >= 0.3 is 0 Å². The largest absolute Gasteiger partial charge is 0.388 e. The van der Waals surface area contributed by atoms with Gasteiger partial charge in [-0.1, -0.05) is 62.1 Å². The van der Waals surface area contributed by atoms with Gasteiger partial charge in [-0.2, -0.15) is 0 Å². The van der Waals surface area contributed by atoms with Crippen molar-refractivity contribution < 1.29 is 5.11 Å². The molecule has 17 heavy (non-hydrogen) atoms. The molecule has 0 aliphatic rings. The van der Waals surface area contributed by atoms with Crippen LogP contribution in [0.1, 0.15) is 18.6 Å². The second-order valence-electron chi connectivity index (χ2n) is 6.07. The van der Waals surface area contributed by atoms with E-state index in [1.165, 1.54) is 0 Å². The lowest BCUT2D eigenvalue weighted by molar-refractivity contribution is 0.134. The summed E-state index contributed by atoms with van der Waals surface area (Å²) in [5, 5.41) is 10.5. The van der Waals surface area contributed by atoms with Gasteiger partial charge in [0.1, 0.15) is 0 Å². The third kappa shape index (κ3) is 4.48. The lowest BCUT2D eigenvalue weighted by Gasteiger charge is -2.29. The maximum absolute atomic E-state index is 10.5. The van der Waals surface area contributed by atoms with Crippen molar-refractivity contribution in [3.8, 4) is 0 Å². The molecule has 0 aliphatic carbocycles. The average molecular weight is 248 g/mol. The quantitative estimate of drug-likeness (QED) is 0.610. The first-order valence-electron chi connectivity index (χ1n) is 6.19. The highest BCUT2D eigenvalue weighted by Gasteiger charge is 2.27.